The van der Waals surface area contributed by atoms with Gasteiger partial charge in [0.15, 0.2) is 0 Å². The predicted molar refractivity (Wildman–Crippen MR) is 95.8 cm³/mol. The molecule has 3 aromatic rings. The highest BCUT2D eigenvalue weighted by Gasteiger charge is 2.10. The molecule has 4 heteroatoms. The molecule has 0 spiro atoms. The Balaban J connectivity index is 1.84. The van der Waals surface area contributed by atoms with Crippen LogP contribution >= 0.6 is 0 Å². The molecule has 0 radical (unpaired) electrons. The Morgan fingerprint density at radius 2 is 1.62 bits per heavy atom. The Bertz CT molecular complexity index is 870. The third-order valence-electron chi connectivity index (χ3n) is 3.64. The zero-order valence-corrected chi connectivity index (χ0v) is 13.6. The Kier molecular flexibility index (Phi) is 4.38. The highest BCUT2D eigenvalue weighted by molar-refractivity contribution is 6.09. The Morgan fingerprint density at radius 3 is 2.33 bits per heavy atom. The fourth-order valence-corrected chi connectivity index (χ4v) is 2.55. The number of carbonyl (C=O) groups excluding carboxylic acids is 1. The van der Waals surface area contributed by atoms with Crippen LogP contribution in [-0.4, -0.2) is 17.1 Å². The highest BCUT2D eigenvalue weighted by Crippen LogP contribution is 2.30. The summed E-state index contributed by atoms with van der Waals surface area (Å²) in [6.07, 6.45) is 0.0908. The highest BCUT2D eigenvalue weighted by atomic mass is 16.5. The van der Waals surface area contributed by atoms with Gasteiger partial charge in [0.05, 0.1) is 6.10 Å². The number of rotatable bonds is 4. The molecule has 0 unspecified atom stereocenters. The molecule has 4 nitrogen and oxygen atoms in total. The minimum atomic E-state index is -0.207. The number of benzene rings is 3. The monoisotopic (exact) mass is 321 g/mol. The second-order valence-electron chi connectivity index (χ2n) is 5.82. The molecule has 0 atom stereocenters. The van der Waals surface area contributed by atoms with Gasteiger partial charge < -0.3 is 15.2 Å². The van der Waals surface area contributed by atoms with Crippen molar-refractivity contribution < 1.29 is 14.6 Å². The van der Waals surface area contributed by atoms with Gasteiger partial charge in [0, 0.05) is 22.0 Å². The van der Waals surface area contributed by atoms with E-state index in [1.807, 2.05) is 32.0 Å². The Labute approximate surface area is 140 Å². The number of amides is 1. The van der Waals surface area contributed by atoms with Crippen LogP contribution in [-0.2, 0) is 0 Å². The quantitative estimate of drug-likeness (QED) is 0.739. The number of carbonyl (C=O) groups is 1. The zero-order chi connectivity index (χ0) is 17.1. The lowest BCUT2D eigenvalue weighted by atomic mass is 10.1. The van der Waals surface area contributed by atoms with E-state index in [2.05, 4.69) is 5.32 Å². The van der Waals surface area contributed by atoms with Crippen molar-refractivity contribution in [3.05, 3.63) is 66.2 Å². The number of fused-ring (bicyclic) bond motifs is 1. The molecule has 0 saturated heterocycles. The molecule has 24 heavy (non-hydrogen) atoms. The molecule has 0 aliphatic heterocycles. The van der Waals surface area contributed by atoms with Crippen molar-refractivity contribution in [2.45, 2.75) is 20.0 Å². The molecule has 122 valence electrons. The van der Waals surface area contributed by atoms with E-state index in [0.717, 1.165) is 11.1 Å². The summed E-state index contributed by atoms with van der Waals surface area (Å²) in [6.45, 7) is 3.91. The van der Waals surface area contributed by atoms with E-state index in [1.165, 1.54) is 0 Å². The lowest BCUT2D eigenvalue weighted by Gasteiger charge is -2.11. The minimum absolute atomic E-state index is 0.0908. The lowest BCUT2D eigenvalue weighted by Crippen LogP contribution is -2.12. The van der Waals surface area contributed by atoms with Crippen molar-refractivity contribution in [3.63, 3.8) is 0 Å². The van der Waals surface area contributed by atoms with Crippen LogP contribution in [0.25, 0.3) is 10.8 Å². The molecule has 0 bridgehead atoms. The molecular formula is C20H19NO3. The number of phenols is 1. The summed E-state index contributed by atoms with van der Waals surface area (Å²) in [5.41, 5.74) is 1.21. The lowest BCUT2D eigenvalue weighted by molar-refractivity contribution is 0.102. The van der Waals surface area contributed by atoms with E-state index in [4.69, 9.17) is 4.74 Å². The van der Waals surface area contributed by atoms with Gasteiger partial charge in [0.2, 0.25) is 0 Å². The van der Waals surface area contributed by atoms with Gasteiger partial charge in [0.1, 0.15) is 11.5 Å². The van der Waals surface area contributed by atoms with Gasteiger partial charge in [-0.05, 0) is 50.2 Å². The molecular weight excluding hydrogens is 302 g/mol. The van der Waals surface area contributed by atoms with Gasteiger partial charge in [-0.15, -0.1) is 0 Å². The summed E-state index contributed by atoms with van der Waals surface area (Å²) >= 11 is 0. The molecule has 0 saturated carbocycles. The molecule has 0 fully saturated rings. The largest absolute Gasteiger partial charge is 0.507 e. The maximum atomic E-state index is 12.5. The number of ether oxygens (including phenoxy) is 1. The van der Waals surface area contributed by atoms with Crippen molar-refractivity contribution in [3.8, 4) is 11.5 Å². The SMILES string of the molecule is CC(C)Oc1ccc(C(=O)Nc2cccc3c(O)cccc23)cc1. The number of anilines is 1. The summed E-state index contributed by atoms with van der Waals surface area (Å²) in [4.78, 5) is 12.5. The number of hydrogen-bond donors (Lipinski definition) is 2. The standard InChI is InChI=1S/C20H19NO3/c1-13(2)24-15-11-9-14(10-12-15)20(23)21-18-7-3-6-17-16(18)5-4-8-19(17)22/h3-13,22H,1-2H3,(H,21,23). The van der Waals surface area contributed by atoms with Crippen LogP contribution in [0.5, 0.6) is 11.5 Å². The Hall–Kier alpha value is -3.01. The topological polar surface area (TPSA) is 58.6 Å². The maximum Gasteiger partial charge on any atom is 0.255 e. The van der Waals surface area contributed by atoms with Gasteiger partial charge >= 0.3 is 0 Å². The van der Waals surface area contributed by atoms with Crippen molar-refractivity contribution >= 4 is 22.4 Å². The maximum absolute atomic E-state index is 12.5. The average Bonchev–Trinajstić information content (AvgIpc) is 2.56. The number of hydrogen-bond acceptors (Lipinski definition) is 3. The smallest absolute Gasteiger partial charge is 0.255 e. The van der Waals surface area contributed by atoms with Crippen LogP contribution in [0.2, 0.25) is 0 Å². The van der Waals surface area contributed by atoms with Gasteiger partial charge in [-0.1, -0.05) is 24.3 Å². The van der Waals surface area contributed by atoms with Crippen molar-refractivity contribution in [1.82, 2.24) is 0 Å². The summed E-state index contributed by atoms with van der Waals surface area (Å²) in [7, 11) is 0. The molecule has 0 aliphatic carbocycles. The van der Waals surface area contributed by atoms with Gasteiger partial charge in [0.25, 0.3) is 5.91 Å². The first-order valence-corrected chi connectivity index (χ1v) is 7.83. The van der Waals surface area contributed by atoms with Gasteiger partial charge in [-0.25, -0.2) is 0 Å². The molecule has 3 aromatic carbocycles. The minimum Gasteiger partial charge on any atom is -0.507 e. The van der Waals surface area contributed by atoms with E-state index >= 15 is 0 Å². The zero-order valence-electron chi connectivity index (χ0n) is 13.6. The van der Waals surface area contributed by atoms with Crippen LogP contribution < -0.4 is 10.1 Å². The molecule has 0 aromatic heterocycles. The van der Waals surface area contributed by atoms with Crippen LogP contribution in [0.3, 0.4) is 0 Å². The third-order valence-corrected chi connectivity index (χ3v) is 3.64. The van der Waals surface area contributed by atoms with E-state index in [9.17, 15) is 9.90 Å². The van der Waals surface area contributed by atoms with Gasteiger partial charge in [-0.3, -0.25) is 4.79 Å². The third kappa shape index (κ3) is 3.33. The fraction of sp³-hybridized carbons (Fsp3) is 0.150. The summed E-state index contributed by atoms with van der Waals surface area (Å²) in [6, 6.07) is 17.7. The van der Waals surface area contributed by atoms with E-state index in [-0.39, 0.29) is 17.8 Å². The van der Waals surface area contributed by atoms with Crippen molar-refractivity contribution in [2.75, 3.05) is 5.32 Å². The van der Waals surface area contributed by atoms with Crippen LogP contribution in [0.15, 0.2) is 60.7 Å². The summed E-state index contributed by atoms with van der Waals surface area (Å²) < 4.78 is 5.58. The molecule has 2 N–H and O–H groups in total. The average molecular weight is 321 g/mol. The second kappa shape index (κ2) is 6.62. The van der Waals surface area contributed by atoms with Gasteiger partial charge in [-0.2, -0.15) is 0 Å². The molecule has 3 rings (SSSR count). The fourth-order valence-electron chi connectivity index (χ4n) is 2.55. The molecule has 0 heterocycles. The first kappa shape index (κ1) is 15.9. The van der Waals surface area contributed by atoms with Crippen LogP contribution in [0, 0.1) is 0 Å². The predicted octanol–water partition coefficient (Wildman–Crippen LogP) is 4.58. The first-order valence-electron chi connectivity index (χ1n) is 7.83. The first-order chi connectivity index (χ1) is 11.5. The number of aromatic hydroxyl groups is 1. The number of phenolic OH excluding ortho intramolecular Hbond substituents is 1. The van der Waals surface area contributed by atoms with E-state index in [0.29, 0.717) is 16.6 Å². The summed E-state index contributed by atoms with van der Waals surface area (Å²) in [5, 5.41) is 14.3. The van der Waals surface area contributed by atoms with Crippen molar-refractivity contribution in [1.29, 1.82) is 0 Å². The Morgan fingerprint density at radius 1 is 0.958 bits per heavy atom. The number of nitrogens with one attached hydrogen (secondary N) is 1. The van der Waals surface area contributed by atoms with Crippen LogP contribution in [0.4, 0.5) is 5.69 Å². The van der Waals surface area contributed by atoms with E-state index < -0.39 is 0 Å². The second-order valence-corrected chi connectivity index (χ2v) is 5.82. The van der Waals surface area contributed by atoms with E-state index in [1.54, 1.807) is 42.5 Å². The normalized spacial score (nSPS) is 10.8. The summed E-state index contributed by atoms with van der Waals surface area (Å²) in [5.74, 6) is 0.720. The van der Waals surface area contributed by atoms with Crippen LogP contribution in [0.1, 0.15) is 24.2 Å². The van der Waals surface area contributed by atoms with Crippen molar-refractivity contribution in [2.24, 2.45) is 0 Å². The molecule has 1 amide bonds. The molecule has 0 aliphatic rings.